The SMILES string of the molecule is CN(C)C1CCCN(c2ccc([N+](=O)[O-])c(N)c2)C1. The molecule has 1 unspecified atom stereocenters. The summed E-state index contributed by atoms with van der Waals surface area (Å²) in [5.74, 6) is 0. The van der Waals surface area contributed by atoms with Crippen LogP contribution < -0.4 is 10.6 Å². The highest BCUT2D eigenvalue weighted by molar-refractivity contribution is 5.66. The van der Waals surface area contributed by atoms with E-state index in [0.29, 0.717) is 6.04 Å². The Morgan fingerprint density at radius 2 is 2.21 bits per heavy atom. The zero-order chi connectivity index (χ0) is 14.0. The number of hydrogen-bond acceptors (Lipinski definition) is 5. The predicted molar refractivity (Wildman–Crippen MR) is 76.4 cm³/mol. The maximum Gasteiger partial charge on any atom is 0.292 e. The Hall–Kier alpha value is -1.82. The lowest BCUT2D eigenvalue weighted by molar-refractivity contribution is -0.383. The van der Waals surface area contributed by atoms with E-state index in [4.69, 9.17) is 5.73 Å². The number of nitrogens with two attached hydrogens (primary N) is 1. The minimum atomic E-state index is -0.446. The van der Waals surface area contributed by atoms with Gasteiger partial charge in [0.1, 0.15) is 5.69 Å². The number of rotatable bonds is 3. The molecule has 1 aliphatic rings. The van der Waals surface area contributed by atoms with E-state index in [1.807, 2.05) is 0 Å². The molecule has 0 radical (unpaired) electrons. The number of piperidine rings is 1. The molecule has 0 amide bonds. The molecule has 0 aliphatic carbocycles. The molecule has 6 nitrogen and oxygen atoms in total. The van der Waals surface area contributed by atoms with Crippen molar-refractivity contribution < 1.29 is 4.92 Å². The van der Waals surface area contributed by atoms with Gasteiger partial charge in [-0.2, -0.15) is 0 Å². The van der Waals surface area contributed by atoms with Crippen molar-refractivity contribution in [3.05, 3.63) is 28.3 Å². The van der Waals surface area contributed by atoms with Crippen LogP contribution in [0.2, 0.25) is 0 Å². The topological polar surface area (TPSA) is 75.6 Å². The van der Waals surface area contributed by atoms with Crippen LogP contribution in [0.3, 0.4) is 0 Å². The van der Waals surface area contributed by atoms with Gasteiger partial charge in [-0.05, 0) is 39.1 Å². The minimum Gasteiger partial charge on any atom is -0.393 e. The summed E-state index contributed by atoms with van der Waals surface area (Å²) in [6, 6.07) is 5.50. The summed E-state index contributed by atoms with van der Waals surface area (Å²) < 4.78 is 0. The fourth-order valence-electron chi connectivity index (χ4n) is 2.52. The number of nitro groups is 1. The molecule has 1 aromatic carbocycles. The number of nitrogen functional groups attached to an aromatic ring is 1. The smallest absolute Gasteiger partial charge is 0.292 e. The van der Waals surface area contributed by atoms with Gasteiger partial charge in [0.2, 0.25) is 0 Å². The van der Waals surface area contributed by atoms with Crippen LogP contribution in [0, 0.1) is 10.1 Å². The van der Waals surface area contributed by atoms with Crippen molar-refractivity contribution in [2.24, 2.45) is 0 Å². The van der Waals surface area contributed by atoms with Crippen LogP contribution in [-0.4, -0.2) is 43.0 Å². The second-order valence-corrected chi connectivity index (χ2v) is 5.21. The summed E-state index contributed by atoms with van der Waals surface area (Å²) in [6.45, 7) is 1.91. The second-order valence-electron chi connectivity index (χ2n) is 5.21. The van der Waals surface area contributed by atoms with Gasteiger partial charge in [0.05, 0.1) is 4.92 Å². The molecule has 1 fully saturated rings. The van der Waals surface area contributed by atoms with E-state index < -0.39 is 4.92 Å². The van der Waals surface area contributed by atoms with E-state index in [1.165, 1.54) is 12.5 Å². The summed E-state index contributed by atoms with van der Waals surface area (Å²) in [4.78, 5) is 14.8. The van der Waals surface area contributed by atoms with Crippen molar-refractivity contribution >= 4 is 17.1 Å². The molecule has 6 heteroatoms. The van der Waals surface area contributed by atoms with Gasteiger partial charge >= 0.3 is 0 Å². The van der Waals surface area contributed by atoms with Crippen molar-refractivity contribution in [3.63, 3.8) is 0 Å². The van der Waals surface area contributed by atoms with Crippen LogP contribution in [0.4, 0.5) is 17.1 Å². The third-order valence-electron chi connectivity index (χ3n) is 3.70. The standard InChI is InChI=1S/C13H20N4O2/c1-15(2)11-4-3-7-16(9-11)10-5-6-13(17(18)19)12(14)8-10/h5-6,8,11H,3-4,7,9,14H2,1-2H3. The van der Waals surface area contributed by atoms with Crippen LogP contribution >= 0.6 is 0 Å². The van der Waals surface area contributed by atoms with Crippen LogP contribution in [-0.2, 0) is 0 Å². The van der Waals surface area contributed by atoms with Crippen molar-refractivity contribution in [3.8, 4) is 0 Å². The molecule has 2 N–H and O–H groups in total. The van der Waals surface area contributed by atoms with E-state index in [0.717, 1.165) is 25.2 Å². The Bertz CT molecular complexity index is 476. The summed E-state index contributed by atoms with van der Waals surface area (Å²) in [5.41, 5.74) is 6.92. The second kappa shape index (κ2) is 5.44. The Balaban J connectivity index is 2.18. The first kappa shape index (κ1) is 13.6. The van der Waals surface area contributed by atoms with Crippen molar-refractivity contribution in [2.75, 3.05) is 37.8 Å². The molecule has 0 bridgehead atoms. The molecule has 19 heavy (non-hydrogen) atoms. The van der Waals surface area contributed by atoms with E-state index in [-0.39, 0.29) is 11.4 Å². The summed E-state index contributed by atoms with van der Waals surface area (Å²) in [7, 11) is 4.16. The average molecular weight is 264 g/mol. The Labute approximate surface area is 112 Å². The first-order valence-electron chi connectivity index (χ1n) is 6.44. The first-order valence-corrected chi connectivity index (χ1v) is 6.44. The predicted octanol–water partition coefficient (Wildman–Crippen LogP) is 1.71. The van der Waals surface area contributed by atoms with Crippen LogP contribution in [0.25, 0.3) is 0 Å². The number of hydrogen-bond donors (Lipinski definition) is 1. The van der Waals surface area contributed by atoms with Crippen LogP contribution in [0.5, 0.6) is 0 Å². The van der Waals surface area contributed by atoms with Crippen LogP contribution in [0.1, 0.15) is 12.8 Å². The van der Waals surface area contributed by atoms with E-state index in [2.05, 4.69) is 23.9 Å². The van der Waals surface area contributed by atoms with Gasteiger partial charge in [0.15, 0.2) is 0 Å². The van der Waals surface area contributed by atoms with Crippen LogP contribution in [0.15, 0.2) is 18.2 Å². The van der Waals surface area contributed by atoms with Crippen molar-refractivity contribution in [2.45, 2.75) is 18.9 Å². The quantitative estimate of drug-likeness (QED) is 0.511. The molecule has 2 rings (SSSR count). The van der Waals surface area contributed by atoms with Crippen molar-refractivity contribution in [1.82, 2.24) is 4.90 Å². The molecular weight excluding hydrogens is 244 g/mol. The van der Waals surface area contributed by atoms with E-state index in [9.17, 15) is 10.1 Å². The van der Waals surface area contributed by atoms with E-state index >= 15 is 0 Å². The molecule has 0 spiro atoms. The highest BCUT2D eigenvalue weighted by Gasteiger charge is 2.22. The zero-order valence-corrected chi connectivity index (χ0v) is 11.4. The maximum atomic E-state index is 10.8. The summed E-state index contributed by atoms with van der Waals surface area (Å²) in [5, 5.41) is 10.8. The Kier molecular flexibility index (Phi) is 3.90. The highest BCUT2D eigenvalue weighted by Crippen LogP contribution is 2.29. The number of nitrogens with zero attached hydrogens (tertiary/aromatic N) is 3. The molecular formula is C13H20N4O2. The van der Waals surface area contributed by atoms with Gasteiger partial charge in [0, 0.05) is 30.9 Å². The molecule has 1 aromatic rings. The number of benzene rings is 1. The highest BCUT2D eigenvalue weighted by atomic mass is 16.6. The maximum absolute atomic E-state index is 10.8. The first-order chi connectivity index (χ1) is 8.99. The van der Waals surface area contributed by atoms with Gasteiger partial charge < -0.3 is 15.5 Å². The number of nitro benzene ring substituents is 1. The Morgan fingerprint density at radius 1 is 1.47 bits per heavy atom. The molecule has 104 valence electrons. The molecule has 1 aliphatic heterocycles. The minimum absolute atomic E-state index is 0.0232. The molecule has 0 saturated carbocycles. The van der Waals surface area contributed by atoms with Gasteiger partial charge in [-0.3, -0.25) is 10.1 Å². The lowest BCUT2D eigenvalue weighted by atomic mass is 10.0. The Morgan fingerprint density at radius 3 is 2.79 bits per heavy atom. The van der Waals surface area contributed by atoms with Crippen molar-refractivity contribution in [1.29, 1.82) is 0 Å². The van der Waals surface area contributed by atoms with Gasteiger partial charge in [-0.1, -0.05) is 0 Å². The van der Waals surface area contributed by atoms with Gasteiger partial charge in [0.25, 0.3) is 5.69 Å². The number of anilines is 2. The molecule has 1 saturated heterocycles. The van der Waals surface area contributed by atoms with Gasteiger partial charge in [-0.15, -0.1) is 0 Å². The third kappa shape index (κ3) is 2.96. The van der Waals surface area contributed by atoms with E-state index in [1.54, 1.807) is 12.1 Å². The molecule has 0 aromatic heterocycles. The summed E-state index contributed by atoms with van der Waals surface area (Å²) in [6.07, 6.45) is 2.31. The normalized spacial score (nSPS) is 19.7. The fourth-order valence-corrected chi connectivity index (χ4v) is 2.52. The lowest BCUT2D eigenvalue weighted by Gasteiger charge is -2.37. The fraction of sp³-hybridized carbons (Fsp3) is 0.538. The largest absolute Gasteiger partial charge is 0.393 e. The molecule has 1 atom stereocenters. The number of likely N-dealkylation sites (N-methyl/N-ethyl adjacent to an activating group) is 1. The molecule has 1 heterocycles. The summed E-state index contributed by atoms with van der Waals surface area (Å²) >= 11 is 0. The zero-order valence-electron chi connectivity index (χ0n) is 11.4. The monoisotopic (exact) mass is 264 g/mol. The average Bonchev–Trinajstić information content (AvgIpc) is 2.38. The van der Waals surface area contributed by atoms with Gasteiger partial charge in [-0.25, -0.2) is 0 Å². The lowest BCUT2D eigenvalue weighted by Crippen LogP contribution is -2.45. The third-order valence-corrected chi connectivity index (χ3v) is 3.70.